The highest BCUT2D eigenvalue weighted by atomic mass is 35.5. The summed E-state index contributed by atoms with van der Waals surface area (Å²) in [6.45, 7) is 0.847. The lowest BCUT2D eigenvalue weighted by molar-refractivity contribution is 0.414. The van der Waals surface area contributed by atoms with E-state index >= 15 is 0 Å². The molecule has 6 nitrogen and oxygen atoms in total. The third-order valence-corrected chi connectivity index (χ3v) is 7.77. The predicted molar refractivity (Wildman–Crippen MR) is 103 cm³/mol. The van der Waals surface area contributed by atoms with E-state index in [1.54, 1.807) is 29.1 Å². The zero-order chi connectivity index (χ0) is 17.8. The Labute approximate surface area is 157 Å². The number of thiazole rings is 1. The molecule has 0 aliphatic rings. The molecule has 0 N–H and O–H groups in total. The van der Waals surface area contributed by atoms with Crippen LogP contribution in [0.4, 0.5) is 0 Å². The fourth-order valence-electron chi connectivity index (χ4n) is 2.77. The Morgan fingerprint density at radius 1 is 1.28 bits per heavy atom. The molecular formula is C15H15ClN4O2S3. The molecule has 4 heterocycles. The third kappa shape index (κ3) is 2.70. The summed E-state index contributed by atoms with van der Waals surface area (Å²) in [6, 6.07) is 1.83. The number of thiophene rings is 1. The van der Waals surface area contributed by atoms with Crippen LogP contribution in [0.15, 0.2) is 34.2 Å². The fourth-order valence-corrected chi connectivity index (χ4v) is 6.56. The molecule has 10 heteroatoms. The third-order valence-electron chi connectivity index (χ3n) is 3.96. The van der Waals surface area contributed by atoms with E-state index in [1.807, 2.05) is 25.5 Å². The lowest BCUT2D eigenvalue weighted by Gasteiger charge is -2.08. The van der Waals surface area contributed by atoms with Gasteiger partial charge in [0, 0.05) is 24.3 Å². The van der Waals surface area contributed by atoms with Gasteiger partial charge in [-0.15, -0.1) is 22.7 Å². The van der Waals surface area contributed by atoms with Crippen LogP contribution in [0.3, 0.4) is 0 Å². The van der Waals surface area contributed by atoms with Crippen LogP contribution in [0.1, 0.15) is 5.56 Å². The summed E-state index contributed by atoms with van der Waals surface area (Å²) in [5, 5.41) is 3.70. The van der Waals surface area contributed by atoms with Gasteiger partial charge in [-0.2, -0.15) is 8.42 Å². The Morgan fingerprint density at radius 2 is 2.08 bits per heavy atom. The summed E-state index contributed by atoms with van der Waals surface area (Å²) in [4.78, 5) is 6.79. The average Bonchev–Trinajstić information content (AvgIpc) is 3.23. The van der Waals surface area contributed by atoms with Gasteiger partial charge in [0.25, 0.3) is 10.0 Å². The molecule has 0 unspecified atom stereocenters. The van der Waals surface area contributed by atoms with Gasteiger partial charge in [-0.1, -0.05) is 11.6 Å². The Kier molecular flexibility index (Phi) is 4.16. The van der Waals surface area contributed by atoms with Crippen molar-refractivity contribution in [3.63, 3.8) is 0 Å². The highest BCUT2D eigenvalue weighted by Crippen LogP contribution is 2.33. The quantitative estimate of drug-likeness (QED) is 0.502. The van der Waals surface area contributed by atoms with Crippen molar-refractivity contribution < 1.29 is 8.42 Å². The number of hydrogen-bond donors (Lipinski definition) is 0. The Balaban J connectivity index is 1.90. The van der Waals surface area contributed by atoms with E-state index in [0.29, 0.717) is 10.5 Å². The largest absolute Gasteiger partial charge is 0.309 e. The summed E-state index contributed by atoms with van der Waals surface area (Å²) in [5.74, 6) is 0. The van der Waals surface area contributed by atoms with Gasteiger partial charge in [-0.25, -0.2) is 8.96 Å². The van der Waals surface area contributed by atoms with Gasteiger partial charge in [-0.05, 0) is 37.5 Å². The number of halogens is 1. The molecular weight excluding hydrogens is 400 g/mol. The number of rotatable bonds is 5. The molecule has 25 heavy (non-hydrogen) atoms. The van der Waals surface area contributed by atoms with E-state index in [1.165, 1.54) is 19.7 Å². The monoisotopic (exact) mass is 414 g/mol. The van der Waals surface area contributed by atoms with Gasteiger partial charge >= 0.3 is 0 Å². The molecule has 0 fully saturated rings. The van der Waals surface area contributed by atoms with Crippen LogP contribution in [-0.2, 0) is 16.4 Å². The van der Waals surface area contributed by atoms with Crippen molar-refractivity contribution in [3.8, 4) is 0 Å². The van der Waals surface area contributed by atoms with Crippen molar-refractivity contribution in [3.05, 3.63) is 39.9 Å². The maximum atomic E-state index is 13.3. The smallest absolute Gasteiger partial charge is 0.287 e. The molecule has 0 radical (unpaired) electrons. The fraction of sp³-hybridized carbons (Fsp3) is 0.267. The van der Waals surface area contributed by atoms with Gasteiger partial charge in [-0.3, -0.25) is 4.40 Å². The van der Waals surface area contributed by atoms with E-state index in [9.17, 15) is 8.42 Å². The number of hydrogen-bond acceptors (Lipinski definition) is 6. The summed E-state index contributed by atoms with van der Waals surface area (Å²) < 4.78 is 30.5. The molecule has 0 bridgehead atoms. The Morgan fingerprint density at radius 3 is 2.84 bits per heavy atom. The molecule has 0 aliphatic carbocycles. The number of likely N-dealkylation sites (N-methyl/N-ethyl adjacent to an activating group) is 1. The van der Waals surface area contributed by atoms with Crippen LogP contribution in [0.25, 0.3) is 15.2 Å². The second kappa shape index (κ2) is 6.10. The summed E-state index contributed by atoms with van der Waals surface area (Å²) >= 11 is 9.05. The zero-order valence-corrected chi connectivity index (χ0v) is 16.7. The van der Waals surface area contributed by atoms with Crippen LogP contribution in [0.5, 0.6) is 0 Å². The highest BCUT2D eigenvalue weighted by molar-refractivity contribution is 7.90. The normalized spacial score (nSPS) is 12.8. The minimum absolute atomic E-state index is 0.00114. The molecule has 0 saturated carbocycles. The van der Waals surface area contributed by atoms with Crippen molar-refractivity contribution in [1.29, 1.82) is 0 Å². The van der Waals surface area contributed by atoms with Crippen LogP contribution < -0.4 is 0 Å². The minimum atomic E-state index is -3.85. The molecule has 4 rings (SSSR count). The first-order valence-corrected chi connectivity index (χ1v) is 11.1. The van der Waals surface area contributed by atoms with E-state index < -0.39 is 10.0 Å². The van der Waals surface area contributed by atoms with Crippen molar-refractivity contribution >= 4 is 59.5 Å². The zero-order valence-electron chi connectivity index (χ0n) is 13.5. The number of aromatic nitrogens is 3. The van der Waals surface area contributed by atoms with E-state index in [-0.39, 0.29) is 10.2 Å². The minimum Gasteiger partial charge on any atom is -0.309 e. The number of fused-ring (bicyclic) bond motifs is 2. The highest BCUT2D eigenvalue weighted by Gasteiger charge is 2.29. The first kappa shape index (κ1) is 17.0. The molecule has 0 atom stereocenters. The van der Waals surface area contributed by atoms with Crippen LogP contribution in [0.2, 0.25) is 5.15 Å². The lowest BCUT2D eigenvalue weighted by Crippen LogP contribution is -2.15. The van der Waals surface area contributed by atoms with Crippen molar-refractivity contribution in [2.24, 2.45) is 0 Å². The van der Waals surface area contributed by atoms with E-state index in [2.05, 4.69) is 9.88 Å². The molecule has 0 aliphatic heterocycles. The molecule has 0 aromatic carbocycles. The van der Waals surface area contributed by atoms with Gasteiger partial charge in [0.2, 0.25) is 5.03 Å². The lowest BCUT2D eigenvalue weighted by atomic mass is 10.2. The van der Waals surface area contributed by atoms with E-state index in [0.717, 1.165) is 23.2 Å². The molecule has 132 valence electrons. The van der Waals surface area contributed by atoms with Gasteiger partial charge < -0.3 is 4.90 Å². The van der Waals surface area contributed by atoms with Crippen molar-refractivity contribution in [2.75, 3.05) is 20.6 Å². The number of imidazole rings is 1. The molecule has 4 aromatic rings. The summed E-state index contributed by atoms with van der Waals surface area (Å²) in [7, 11) is 0.145. The first-order chi connectivity index (χ1) is 11.9. The van der Waals surface area contributed by atoms with Gasteiger partial charge in [0.05, 0.1) is 10.2 Å². The van der Waals surface area contributed by atoms with Crippen LogP contribution in [-0.4, -0.2) is 47.3 Å². The SMILES string of the molecule is CN(C)CCc1cn(S(=O)(=O)c2c(Cl)nc3sccn23)c2ccsc12. The summed E-state index contributed by atoms with van der Waals surface area (Å²) in [5.41, 5.74) is 1.70. The van der Waals surface area contributed by atoms with Crippen LogP contribution >= 0.6 is 34.3 Å². The summed E-state index contributed by atoms with van der Waals surface area (Å²) in [6.07, 6.45) is 4.16. The van der Waals surface area contributed by atoms with Crippen molar-refractivity contribution in [1.82, 2.24) is 18.3 Å². The Hall–Kier alpha value is -1.39. The number of nitrogens with zero attached hydrogens (tertiary/aromatic N) is 4. The first-order valence-electron chi connectivity index (χ1n) is 7.48. The Bertz CT molecular complexity index is 1170. The average molecular weight is 415 g/mol. The second-order valence-corrected chi connectivity index (χ2v) is 9.78. The maximum Gasteiger partial charge on any atom is 0.287 e. The molecule has 4 aromatic heterocycles. The van der Waals surface area contributed by atoms with Crippen LogP contribution in [0, 0.1) is 0 Å². The van der Waals surface area contributed by atoms with E-state index in [4.69, 9.17) is 11.6 Å². The van der Waals surface area contributed by atoms with Gasteiger partial charge in [0.1, 0.15) is 0 Å². The second-order valence-electron chi connectivity index (χ2n) is 5.91. The van der Waals surface area contributed by atoms with Crippen molar-refractivity contribution in [2.45, 2.75) is 11.4 Å². The van der Waals surface area contributed by atoms with Gasteiger partial charge in [0.15, 0.2) is 10.1 Å². The molecule has 0 saturated heterocycles. The molecule has 0 spiro atoms. The molecule has 0 amide bonds. The maximum absolute atomic E-state index is 13.3. The topological polar surface area (TPSA) is 59.6 Å². The standard InChI is InChI=1S/C15H15ClN4O2S3/c1-18(2)5-3-10-9-20(11-4-7-23-12(10)11)25(21,22)14-13(16)17-15-19(14)6-8-24-15/h4,6-9H,3,5H2,1-2H3. The predicted octanol–water partition coefficient (Wildman–Crippen LogP) is 3.41.